The average molecular weight is 491 g/mol. The molecule has 1 aliphatic heterocycles. The fraction of sp³-hybridized carbons (Fsp3) is 0.381. The van der Waals surface area contributed by atoms with Gasteiger partial charge in [-0.05, 0) is 49.2 Å². The molecule has 0 aromatic heterocycles. The Morgan fingerprint density at radius 3 is 2.31 bits per heavy atom. The first-order valence-electron chi connectivity index (χ1n) is 9.90. The number of carbonyl (C=O) groups is 1. The molecule has 1 heterocycles. The number of likely N-dealkylation sites (tertiary alicyclic amines) is 1. The Hall–Kier alpha value is -2.46. The fourth-order valence-electron chi connectivity index (χ4n) is 3.45. The molecule has 3 rings (SSSR count). The Morgan fingerprint density at radius 1 is 1.06 bits per heavy atom. The summed E-state index contributed by atoms with van der Waals surface area (Å²) < 4.78 is 72.2. The molecule has 0 bridgehead atoms. The lowest BCUT2D eigenvalue weighted by atomic mass is 10.1. The molecule has 1 aliphatic rings. The van der Waals surface area contributed by atoms with Gasteiger partial charge in [0, 0.05) is 13.1 Å². The van der Waals surface area contributed by atoms with Crippen molar-refractivity contribution >= 4 is 33.2 Å². The van der Waals surface area contributed by atoms with Crippen molar-refractivity contribution in [1.29, 1.82) is 0 Å². The normalized spacial score (nSPS) is 15.2. The minimum atomic E-state index is -4.67. The largest absolute Gasteiger partial charge is 0.496 e. The molecule has 2 aromatic carbocycles. The molecular formula is C21H22ClF3N2O4S. The fourth-order valence-corrected chi connectivity index (χ4v) is 4.77. The number of alkyl halides is 3. The molecule has 32 heavy (non-hydrogen) atoms. The average Bonchev–Trinajstić information content (AvgIpc) is 3.03. The van der Waals surface area contributed by atoms with Crippen LogP contribution >= 0.6 is 11.6 Å². The molecule has 1 amide bonds. The van der Waals surface area contributed by atoms with Gasteiger partial charge >= 0.3 is 6.18 Å². The van der Waals surface area contributed by atoms with Crippen molar-refractivity contribution in [3.05, 3.63) is 52.5 Å². The van der Waals surface area contributed by atoms with E-state index >= 15 is 0 Å². The first-order valence-corrected chi connectivity index (χ1v) is 11.8. The number of amides is 1. The van der Waals surface area contributed by atoms with Gasteiger partial charge in [-0.1, -0.05) is 24.4 Å². The maximum Gasteiger partial charge on any atom is 0.416 e. The van der Waals surface area contributed by atoms with Crippen LogP contribution in [0.1, 0.15) is 41.6 Å². The van der Waals surface area contributed by atoms with Gasteiger partial charge in [-0.2, -0.15) is 13.2 Å². The van der Waals surface area contributed by atoms with Crippen LogP contribution in [0.4, 0.5) is 18.9 Å². The third-order valence-corrected chi connectivity index (χ3v) is 6.84. The van der Waals surface area contributed by atoms with Crippen molar-refractivity contribution in [2.45, 2.75) is 36.8 Å². The van der Waals surface area contributed by atoms with Crippen LogP contribution in [0, 0.1) is 0 Å². The third-order valence-electron chi connectivity index (χ3n) is 5.14. The summed E-state index contributed by atoms with van der Waals surface area (Å²) in [5.41, 5.74) is -1.41. The number of nitrogens with zero attached hydrogens (tertiary/aromatic N) is 1. The molecule has 0 radical (unpaired) electrons. The smallest absolute Gasteiger partial charge is 0.416 e. The van der Waals surface area contributed by atoms with Gasteiger partial charge in [0.05, 0.1) is 33.8 Å². The number of carbonyl (C=O) groups excluding carboxylic acids is 1. The number of ether oxygens (including phenoxy) is 1. The van der Waals surface area contributed by atoms with Gasteiger partial charge in [0.2, 0.25) is 0 Å². The lowest BCUT2D eigenvalue weighted by molar-refractivity contribution is -0.137. The summed E-state index contributed by atoms with van der Waals surface area (Å²) in [7, 11) is -2.98. The van der Waals surface area contributed by atoms with Crippen LogP contribution in [0.3, 0.4) is 0 Å². The third kappa shape index (κ3) is 5.47. The van der Waals surface area contributed by atoms with E-state index in [0.29, 0.717) is 19.2 Å². The van der Waals surface area contributed by atoms with E-state index < -0.39 is 27.5 Å². The number of anilines is 1. The summed E-state index contributed by atoms with van der Waals surface area (Å²) in [6.07, 6.45) is -0.949. The number of halogens is 4. The molecule has 0 saturated carbocycles. The maximum atomic E-state index is 13.1. The molecule has 1 saturated heterocycles. The highest BCUT2D eigenvalue weighted by molar-refractivity contribution is 7.92. The van der Waals surface area contributed by atoms with Gasteiger partial charge in [0.25, 0.3) is 15.9 Å². The Labute approximate surface area is 189 Å². The van der Waals surface area contributed by atoms with Crippen LogP contribution in [-0.2, 0) is 16.2 Å². The summed E-state index contributed by atoms with van der Waals surface area (Å²) >= 11 is 5.91. The SMILES string of the molecule is COc1ccc(S(=O)(=O)Nc2cc(C(F)(F)F)ccc2Cl)cc1C(=O)N1CCCCCC1. The lowest BCUT2D eigenvalue weighted by Gasteiger charge is -2.22. The number of hydrogen-bond donors (Lipinski definition) is 1. The Balaban J connectivity index is 1.95. The zero-order chi connectivity index (χ0) is 23.5. The van der Waals surface area contributed by atoms with Crippen LogP contribution < -0.4 is 9.46 Å². The Bertz CT molecular complexity index is 1100. The summed E-state index contributed by atoms with van der Waals surface area (Å²) in [6, 6.07) is 6.05. The van der Waals surface area contributed by atoms with Crippen LogP contribution in [0.25, 0.3) is 0 Å². The molecular weight excluding hydrogens is 469 g/mol. The molecule has 6 nitrogen and oxygen atoms in total. The predicted molar refractivity (Wildman–Crippen MR) is 115 cm³/mol. The van der Waals surface area contributed by atoms with Gasteiger partial charge in [-0.25, -0.2) is 8.42 Å². The molecule has 11 heteroatoms. The molecule has 0 spiro atoms. The first kappa shape index (κ1) is 24.2. The summed E-state index contributed by atoms with van der Waals surface area (Å²) in [5, 5.41) is -0.198. The number of methoxy groups -OCH3 is 1. The summed E-state index contributed by atoms with van der Waals surface area (Å²) in [4.78, 5) is 14.4. The minimum Gasteiger partial charge on any atom is -0.496 e. The highest BCUT2D eigenvalue weighted by atomic mass is 35.5. The van der Waals surface area contributed by atoms with E-state index in [1.54, 1.807) is 4.90 Å². The van der Waals surface area contributed by atoms with Crippen molar-refractivity contribution in [3.63, 3.8) is 0 Å². The molecule has 1 fully saturated rings. The molecule has 174 valence electrons. The predicted octanol–water partition coefficient (Wildman–Crippen LogP) is 5.18. The van der Waals surface area contributed by atoms with Gasteiger partial charge in [-0.3, -0.25) is 9.52 Å². The quantitative estimate of drug-likeness (QED) is 0.626. The minimum absolute atomic E-state index is 0.0624. The topological polar surface area (TPSA) is 75.7 Å². The highest BCUT2D eigenvalue weighted by Crippen LogP contribution is 2.35. The first-order chi connectivity index (χ1) is 15.0. The van der Waals surface area contributed by atoms with E-state index in [9.17, 15) is 26.4 Å². The second-order valence-electron chi connectivity index (χ2n) is 7.37. The van der Waals surface area contributed by atoms with Gasteiger partial charge < -0.3 is 9.64 Å². The van der Waals surface area contributed by atoms with E-state index in [2.05, 4.69) is 4.72 Å². The van der Waals surface area contributed by atoms with Crippen molar-refractivity contribution in [3.8, 4) is 5.75 Å². The molecule has 0 atom stereocenters. The van der Waals surface area contributed by atoms with Crippen molar-refractivity contribution in [2.24, 2.45) is 0 Å². The van der Waals surface area contributed by atoms with Crippen LogP contribution in [0.15, 0.2) is 41.3 Å². The van der Waals surface area contributed by atoms with Crippen molar-refractivity contribution in [1.82, 2.24) is 4.90 Å². The van der Waals surface area contributed by atoms with E-state index in [0.717, 1.165) is 43.9 Å². The van der Waals surface area contributed by atoms with E-state index in [1.165, 1.54) is 19.2 Å². The number of sulfonamides is 1. The molecule has 0 aliphatic carbocycles. The lowest BCUT2D eigenvalue weighted by Crippen LogP contribution is -2.32. The maximum absolute atomic E-state index is 13.1. The highest BCUT2D eigenvalue weighted by Gasteiger charge is 2.32. The number of hydrogen-bond acceptors (Lipinski definition) is 4. The number of nitrogens with one attached hydrogen (secondary N) is 1. The summed E-state index contributed by atoms with van der Waals surface area (Å²) in [5.74, 6) is -0.159. The second kappa shape index (κ2) is 9.58. The van der Waals surface area contributed by atoms with Gasteiger partial charge in [0.15, 0.2) is 0 Å². The van der Waals surface area contributed by atoms with E-state index in [1.807, 2.05) is 0 Å². The summed E-state index contributed by atoms with van der Waals surface area (Å²) in [6.45, 7) is 1.11. The number of benzene rings is 2. The monoisotopic (exact) mass is 490 g/mol. The standard InChI is InChI=1S/C21H22ClF3N2O4S/c1-31-19-9-7-15(13-16(19)20(28)27-10-4-2-3-5-11-27)32(29,30)26-18-12-14(21(23,24)25)6-8-17(18)22/h6-9,12-13,26H,2-5,10-11H2,1H3. The van der Waals surface area contributed by atoms with Crippen LogP contribution in [-0.4, -0.2) is 39.4 Å². The Morgan fingerprint density at radius 2 is 1.72 bits per heavy atom. The van der Waals surface area contributed by atoms with Gasteiger partial charge in [0.1, 0.15) is 5.75 Å². The van der Waals surface area contributed by atoms with E-state index in [-0.39, 0.29) is 27.1 Å². The number of rotatable bonds is 5. The second-order valence-corrected chi connectivity index (χ2v) is 9.46. The molecule has 1 N–H and O–H groups in total. The molecule has 0 unspecified atom stereocenters. The van der Waals surface area contributed by atoms with E-state index in [4.69, 9.17) is 16.3 Å². The van der Waals surface area contributed by atoms with Crippen molar-refractivity contribution < 1.29 is 31.1 Å². The van der Waals surface area contributed by atoms with Crippen molar-refractivity contribution in [2.75, 3.05) is 24.9 Å². The zero-order valence-corrected chi connectivity index (χ0v) is 18.8. The van der Waals surface area contributed by atoms with Crippen LogP contribution in [0.5, 0.6) is 5.75 Å². The molecule has 2 aromatic rings. The van der Waals surface area contributed by atoms with Crippen LogP contribution in [0.2, 0.25) is 5.02 Å². The zero-order valence-electron chi connectivity index (χ0n) is 17.2. The van der Waals surface area contributed by atoms with Gasteiger partial charge in [-0.15, -0.1) is 0 Å². The Kier molecular flexibility index (Phi) is 7.24.